The van der Waals surface area contributed by atoms with Gasteiger partial charge in [-0.2, -0.15) is 13.2 Å². The first-order chi connectivity index (χ1) is 14.2. The molecule has 160 valence electrons. The van der Waals surface area contributed by atoms with Crippen LogP contribution in [-0.4, -0.2) is 53.3 Å². The van der Waals surface area contributed by atoms with Gasteiger partial charge in [0.2, 0.25) is 0 Å². The second-order valence-electron chi connectivity index (χ2n) is 7.62. The third-order valence-corrected chi connectivity index (χ3v) is 5.42. The number of hydrogen-bond donors (Lipinski definition) is 1. The lowest BCUT2D eigenvalue weighted by atomic mass is 9.92. The summed E-state index contributed by atoms with van der Waals surface area (Å²) < 4.78 is 48.8. The van der Waals surface area contributed by atoms with Crippen LogP contribution in [0.5, 0.6) is 5.75 Å². The summed E-state index contributed by atoms with van der Waals surface area (Å²) in [6, 6.07) is 6.26. The Hall–Kier alpha value is -2.65. The zero-order valence-corrected chi connectivity index (χ0v) is 16.1. The Morgan fingerprint density at radius 3 is 2.40 bits per heavy atom. The average Bonchev–Trinajstić information content (AvgIpc) is 2.72. The number of hydrogen-bond acceptors (Lipinski definition) is 5. The maximum absolute atomic E-state index is 12.8. The summed E-state index contributed by atoms with van der Waals surface area (Å²) in [5.41, 5.74) is -0.856. The molecule has 30 heavy (non-hydrogen) atoms. The number of carbonyl (C=O) groups is 1. The Balaban J connectivity index is 1.33. The molecule has 0 bridgehead atoms. The third kappa shape index (κ3) is 4.27. The van der Waals surface area contributed by atoms with Gasteiger partial charge in [-0.15, -0.1) is 0 Å². The number of alkyl halides is 3. The minimum Gasteiger partial charge on any atom is -0.490 e. The van der Waals surface area contributed by atoms with E-state index in [1.165, 1.54) is 24.5 Å². The highest BCUT2D eigenvalue weighted by atomic mass is 19.4. The van der Waals surface area contributed by atoms with E-state index in [1.807, 2.05) is 0 Å². The van der Waals surface area contributed by atoms with Crippen LogP contribution in [0.15, 0.2) is 42.7 Å². The molecule has 3 heterocycles. The number of amides is 1. The Labute approximate surface area is 171 Å². The van der Waals surface area contributed by atoms with Crippen molar-refractivity contribution in [1.82, 2.24) is 9.88 Å². The van der Waals surface area contributed by atoms with Crippen LogP contribution in [0.4, 0.5) is 13.2 Å². The summed E-state index contributed by atoms with van der Waals surface area (Å²) in [5.74, 6) is 0.196. The van der Waals surface area contributed by atoms with E-state index in [1.54, 1.807) is 11.0 Å². The van der Waals surface area contributed by atoms with Gasteiger partial charge in [-0.05, 0) is 30.3 Å². The number of carbonyl (C=O) groups excluding carboxylic acids is 1. The van der Waals surface area contributed by atoms with Gasteiger partial charge in [0.15, 0.2) is 0 Å². The van der Waals surface area contributed by atoms with Crippen molar-refractivity contribution in [3.05, 3.63) is 59.4 Å². The topological polar surface area (TPSA) is 71.9 Å². The molecule has 0 atom stereocenters. The molecule has 1 aromatic heterocycles. The fourth-order valence-electron chi connectivity index (χ4n) is 3.55. The summed E-state index contributed by atoms with van der Waals surface area (Å²) in [7, 11) is 0. The number of benzene rings is 1. The Bertz CT molecular complexity index is 905. The van der Waals surface area contributed by atoms with Gasteiger partial charge in [-0.3, -0.25) is 9.78 Å². The number of rotatable bonds is 4. The van der Waals surface area contributed by atoms with Crippen LogP contribution >= 0.6 is 0 Å². The fourth-order valence-corrected chi connectivity index (χ4v) is 3.55. The molecule has 0 unspecified atom stereocenters. The molecular formula is C21H21F3N2O4. The van der Waals surface area contributed by atoms with Crippen LogP contribution in [-0.2, 0) is 16.5 Å². The number of aromatic nitrogens is 1. The lowest BCUT2D eigenvalue weighted by Gasteiger charge is -2.36. The first-order valence-electron chi connectivity index (χ1n) is 9.63. The molecule has 1 amide bonds. The van der Waals surface area contributed by atoms with Gasteiger partial charge in [0.1, 0.15) is 17.5 Å². The molecular weight excluding hydrogens is 401 g/mol. The van der Waals surface area contributed by atoms with Crippen LogP contribution in [0.3, 0.4) is 0 Å². The zero-order valence-electron chi connectivity index (χ0n) is 16.1. The van der Waals surface area contributed by atoms with E-state index >= 15 is 0 Å². The number of aliphatic hydroxyl groups is 1. The third-order valence-electron chi connectivity index (χ3n) is 5.42. The van der Waals surface area contributed by atoms with Crippen molar-refractivity contribution in [3.8, 4) is 5.75 Å². The SMILES string of the molecule is O=C(c1cncc(C2(O)COC2)c1)N1CCC(Oc2ccc(C(F)(F)F)cc2)CC1. The van der Waals surface area contributed by atoms with Crippen LogP contribution in [0, 0.1) is 0 Å². The number of ether oxygens (including phenoxy) is 2. The minimum atomic E-state index is -4.38. The highest BCUT2D eigenvalue weighted by Gasteiger charge is 2.39. The molecule has 4 rings (SSSR count). The standard InChI is InChI=1S/C21H21F3N2O4/c22-21(23,24)15-1-3-17(4-2-15)30-18-5-7-26(8-6-18)19(27)14-9-16(11-25-10-14)20(28)12-29-13-20/h1-4,9-11,18,28H,5-8,12-13H2. The van der Waals surface area contributed by atoms with Crippen LogP contribution in [0.1, 0.15) is 34.3 Å². The van der Waals surface area contributed by atoms with Gasteiger partial charge >= 0.3 is 6.18 Å². The van der Waals surface area contributed by atoms with E-state index in [0.29, 0.717) is 42.8 Å². The van der Waals surface area contributed by atoms with Crippen molar-refractivity contribution in [1.29, 1.82) is 0 Å². The summed E-state index contributed by atoms with van der Waals surface area (Å²) >= 11 is 0. The highest BCUT2D eigenvalue weighted by molar-refractivity contribution is 5.94. The van der Waals surface area contributed by atoms with E-state index < -0.39 is 17.3 Å². The molecule has 0 saturated carbocycles. The number of pyridine rings is 1. The van der Waals surface area contributed by atoms with Gasteiger partial charge in [0.25, 0.3) is 5.91 Å². The molecule has 2 aromatic rings. The lowest BCUT2D eigenvalue weighted by Crippen LogP contribution is -2.47. The molecule has 1 N–H and O–H groups in total. The monoisotopic (exact) mass is 422 g/mol. The lowest BCUT2D eigenvalue weighted by molar-refractivity contribution is -0.184. The van der Waals surface area contributed by atoms with Crippen LogP contribution < -0.4 is 4.74 Å². The van der Waals surface area contributed by atoms with Gasteiger partial charge in [0.05, 0.1) is 24.3 Å². The maximum atomic E-state index is 12.8. The van der Waals surface area contributed by atoms with Gasteiger partial charge in [-0.1, -0.05) is 0 Å². The molecule has 1 aromatic carbocycles. The number of likely N-dealkylation sites (tertiary alicyclic amines) is 1. The van der Waals surface area contributed by atoms with Crippen LogP contribution in [0.2, 0.25) is 0 Å². The highest BCUT2D eigenvalue weighted by Crippen LogP contribution is 2.31. The normalized spacial score (nSPS) is 19.3. The van der Waals surface area contributed by atoms with Crippen LogP contribution in [0.25, 0.3) is 0 Å². The Kier molecular flexibility index (Phi) is 5.42. The molecule has 0 aliphatic carbocycles. The summed E-state index contributed by atoms with van der Waals surface area (Å²) in [5, 5.41) is 10.4. The van der Waals surface area contributed by atoms with E-state index in [9.17, 15) is 23.1 Å². The van der Waals surface area contributed by atoms with Crippen molar-refractivity contribution in [2.45, 2.75) is 30.7 Å². The van der Waals surface area contributed by atoms with Gasteiger partial charge in [0, 0.05) is 43.9 Å². The van der Waals surface area contributed by atoms with Crippen molar-refractivity contribution >= 4 is 5.91 Å². The van der Waals surface area contributed by atoms with Crippen molar-refractivity contribution in [2.75, 3.05) is 26.3 Å². The molecule has 0 radical (unpaired) electrons. The Morgan fingerprint density at radius 2 is 1.83 bits per heavy atom. The fraction of sp³-hybridized carbons (Fsp3) is 0.429. The first-order valence-corrected chi connectivity index (χ1v) is 9.63. The van der Waals surface area contributed by atoms with E-state index in [-0.39, 0.29) is 25.2 Å². The molecule has 6 nitrogen and oxygen atoms in total. The number of nitrogens with zero attached hydrogens (tertiary/aromatic N) is 2. The molecule has 2 fully saturated rings. The second-order valence-corrected chi connectivity index (χ2v) is 7.62. The summed E-state index contributed by atoms with van der Waals surface area (Å²) in [6.45, 7) is 1.28. The van der Waals surface area contributed by atoms with Gasteiger partial charge in [-0.25, -0.2) is 0 Å². The predicted octanol–water partition coefficient (Wildman–Crippen LogP) is 3.00. The second kappa shape index (κ2) is 7.88. The number of piperidine rings is 1. The molecule has 0 spiro atoms. The Morgan fingerprint density at radius 1 is 1.17 bits per heavy atom. The maximum Gasteiger partial charge on any atom is 0.416 e. The summed E-state index contributed by atoms with van der Waals surface area (Å²) in [4.78, 5) is 18.6. The molecule has 2 aliphatic rings. The van der Waals surface area contributed by atoms with Crippen molar-refractivity contribution in [3.63, 3.8) is 0 Å². The smallest absolute Gasteiger partial charge is 0.416 e. The zero-order chi connectivity index (χ0) is 21.4. The molecule has 2 aliphatic heterocycles. The minimum absolute atomic E-state index is 0.178. The van der Waals surface area contributed by atoms with Crippen molar-refractivity contribution < 1.29 is 32.5 Å². The van der Waals surface area contributed by atoms with Crippen molar-refractivity contribution in [2.24, 2.45) is 0 Å². The van der Waals surface area contributed by atoms with E-state index in [0.717, 1.165) is 12.1 Å². The molecule has 2 saturated heterocycles. The number of halogens is 3. The van der Waals surface area contributed by atoms with E-state index in [2.05, 4.69) is 4.98 Å². The molecule has 9 heteroatoms. The predicted molar refractivity (Wildman–Crippen MR) is 100.0 cm³/mol. The largest absolute Gasteiger partial charge is 0.490 e. The average molecular weight is 422 g/mol. The van der Waals surface area contributed by atoms with E-state index in [4.69, 9.17) is 9.47 Å². The first kappa shape index (κ1) is 20.6. The van der Waals surface area contributed by atoms with Gasteiger partial charge < -0.3 is 19.5 Å². The summed E-state index contributed by atoms with van der Waals surface area (Å²) in [6.07, 6.45) is -0.418. The quantitative estimate of drug-likeness (QED) is 0.820.